The topological polar surface area (TPSA) is 89.5 Å². The van der Waals surface area contributed by atoms with E-state index in [1.807, 2.05) is 49.4 Å². The molecule has 0 unspecified atom stereocenters. The van der Waals surface area contributed by atoms with Crippen molar-refractivity contribution in [3.8, 4) is 45.3 Å². The number of benzene rings is 4. The van der Waals surface area contributed by atoms with Gasteiger partial charge in [-0.2, -0.15) is 0 Å². The Balaban J connectivity index is 1.15. The minimum Gasteiger partial charge on any atom is -0.494 e. The number of carbonyl (C=O) groups excluding carboxylic acids is 2. The van der Waals surface area contributed by atoms with E-state index < -0.39 is 0 Å². The maximum Gasteiger partial charge on any atom is 0.306 e. The Bertz CT molecular complexity index is 1700. The summed E-state index contributed by atoms with van der Waals surface area (Å²) in [7, 11) is 0. The first-order chi connectivity index (χ1) is 25.0. The average Bonchev–Trinajstić information content (AvgIpc) is 3.16. The molecule has 0 aromatic heterocycles. The molecule has 0 N–H and O–H groups in total. The lowest BCUT2D eigenvalue weighted by atomic mass is 9.96. The number of esters is 2. The molecule has 0 fully saturated rings. The lowest BCUT2D eigenvalue weighted by Gasteiger charge is -2.19. The second kappa shape index (κ2) is 20.0. The normalized spacial score (nSPS) is 11.9. The lowest BCUT2D eigenvalue weighted by Crippen LogP contribution is -2.15. The van der Waals surface area contributed by atoms with Crippen molar-refractivity contribution in [1.29, 1.82) is 0 Å². The van der Waals surface area contributed by atoms with Crippen LogP contribution in [-0.2, 0) is 31.9 Å². The summed E-state index contributed by atoms with van der Waals surface area (Å²) in [6.07, 6.45) is 6.65. The minimum atomic E-state index is -0.218. The van der Waals surface area contributed by atoms with Crippen LogP contribution in [-0.4, -0.2) is 51.6 Å². The van der Waals surface area contributed by atoms with Crippen LogP contribution in [0.15, 0.2) is 84.9 Å². The van der Waals surface area contributed by atoms with Crippen molar-refractivity contribution in [2.75, 3.05) is 39.6 Å². The highest BCUT2D eigenvalue weighted by Crippen LogP contribution is 2.37. The minimum absolute atomic E-state index is 0.215. The van der Waals surface area contributed by atoms with Gasteiger partial charge in [-0.15, -0.1) is 0 Å². The predicted molar refractivity (Wildman–Crippen MR) is 199 cm³/mol. The molecule has 0 amide bonds. The fourth-order valence-corrected chi connectivity index (χ4v) is 6.19. The van der Waals surface area contributed by atoms with Crippen LogP contribution in [0, 0.1) is 0 Å². The molecule has 0 spiro atoms. The van der Waals surface area contributed by atoms with Gasteiger partial charge >= 0.3 is 11.9 Å². The summed E-state index contributed by atoms with van der Waals surface area (Å²) < 4.78 is 34.3. The van der Waals surface area contributed by atoms with Gasteiger partial charge in [0.05, 0.1) is 26.4 Å². The van der Waals surface area contributed by atoms with E-state index in [9.17, 15) is 9.59 Å². The highest BCUT2D eigenvalue weighted by atomic mass is 16.6. The van der Waals surface area contributed by atoms with Crippen LogP contribution in [0.1, 0.15) is 69.9 Å². The highest BCUT2D eigenvalue weighted by molar-refractivity contribution is 5.76. The van der Waals surface area contributed by atoms with Gasteiger partial charge in [0.1, 0.15) is 24.7 Å². The van der Waals surface area contributed by atoms with Crippen LogP contribution < -0.4 is 18.9 Å². The van der Waals surface area contributed by atoms with Crippen LogP contribution in [0.2, 0.25) is 0 Å². The first-order valence-electron chi connectivity index (χ1n) is 18.3. The molecule has 8 heteroatoms. The Morgan fingerprint density at radius 1 is 0.588 bits per heavy atom. The molecule has 1 heterocycles. The van der Waals surface area contributed by atoms with E-state index in [2.05, 4.69) is 42.5 Å². The molecule has 0 saturated heterocycles. The SMILES string of the molecule is CCOC(=O)CCCOc1cccc(CCCCCCOc2cc(-c3ccccc3)cc(-c3ccc4c(c3)OCCO4)c2)c1CCC(=O)OCC. The molecule has 0 atom stereocenters. The van der Waals surface area contributed by atoms with Gasteiger partial charge in [-0.05, 0) is 116 Å². The average molecular weight is 695 g/mol. The van der Waals surface area contributed by atoms with Crippen molar-refractivity contribution < 1.29 is 38.0 Å². The van der Waals surface area contributed by atoms with E-state index in [0.717, 1.165) is 82.9 Å². The third-order valence-electron chi connectivity index (χ3n) is 8.70. The quantitative estimate of drug-likeness (QED) is 0.0669. The van der Waals surface area contributed by atoms with Gasteiger partial charge in [-0.3, -0.25) is 9.59 Å². The van der Waals surface area contributed by atoms with Crippen molar-refractivity contribution in [3.05, 3.63) is 96.1 Å². The number of hydrogen-bond donors (Lipinski definition) is 0. The molecular formula is C43H50O8. The number of carbonyl (C=O) groups is 2. The van der Waals surface area contributed by atoms with Crippen LogP contribution in [0.4, 0.5) is 0 Å². The lowest BCUT2D eigenvalue weighted by molar-refractivity contribution is -0.144. The molecule has 270 valence electrons. The number of aryl methyl sites for hydroxylation is 1. The van der Waals surface area contributed by atoms with Crippen LogP contribution >= 0.6 is 0 Å². The molecular weight excluding hydrogens is 644 g/mol. The van der Waals surface area contributed by atoms with E-state index >= 15 is 0 Å². The largest absolute Gasteiger partial charge is 0.494 e. The molecule has 0 bridgehead atoms. The summed E-state index contributed by atoms with van der Waals surface area (Å²) in [5, 5.41) is 0. The maximum atomic E-state index is 12.2. The Kier molecular flexibility index (Phi) is 14.6. The number of unbranched alkanes of at least 4 members (excludes halogenated alkanes) is 3. The monoisotopic (exact) mass is 694 g/mol. The van der Waals surface area contributed by atoms with Gasteiger partial charge in [0, 0.05) is 12.8 Å². The summed E-state index contributed by atoms with van der Waals surface area (Å²) in [4.78, 5) is 23.9. The summed E-state index contributed by atoms with van der Waals surface area (Å²) in [5.41, 5.74) is 6.57. The standard InChI is InChI=1S/C43H50O8/c1-3-46-42(44)19-13-25-49-39-18-12-17-33(38(39)21-23-43(45)47-4-2)16-8-5-6-11-24-48-37-29-35(32-14-9-7-10-15-32)28-36(30-37)34-20-22-40-41(31-34)51-27-26-50-40/h7,9-10,12,14-15,17-18,20,22,28-31H,3-6,8,11,13,16,19,21,23-27H2,1-2H3. The summed E-state index contributed by atoms with van der Waals surface area (Å²) in [5.74, 6) is 2.72. The summed E-state index contributed by atoms with van der Waals surface area (Å²) in [6.45, 7) is 6.49. The van der Waals surface area contributed by atoms with E-state index in [1.54, 1.807) is 6.92 Å². The van der Waals surface area contributed by atoms with Gasteiger partial charge in [0.25, 0.3) is 0 Å². The van der Waals surface area contributed by atoms with Crippen molar-refractivity contribution in [3.63, 3.8) is 0 Å². The molecule has 1 aliphatic heterocycles. The van der Waals surface area contributed by atoms with Gasteiger partial charge in [-0.1, -0.05) is 61.4 Å². The molecule has 4 aromatic rings. The van der Waals surface area contributed by atoms with Gasteiger partial charge in [0.2, 0.25) is 0 Å². The van der Waals surface area contributed by atoms with Crippen molar-refractivity contribution >= 4 is 11.9 Å². The number of hydrogen-bond acceptors (Lipinski definition) is 8. The highest BCUT2D eigenvalue weighted by Gasteiger charge is 2.15. The van der Waals surface area contributed by atoms with Crippen molar-refractivity contribution in [2.45, 2.75) is 71.6 Å². The fraction of sp³-hybridized carbons (Fsp3) is 0.395. The van der Waals surface area contributed by atoms with E-state index in [-0.39, 0.29) is 11.9 Å². The molecule has 5 rings (SSSR count). The van der Waals surface area contributed by atoms with Gasteiger partial charge in [0.15, 0.2) is 11.5 Å². The van der Waals surface area contributed by atoms with E-state index in [0.29, 0.717) is 65.3 Å². The van der Waals surface area contributed by atoms with Crippen molar-refractivity contribution in [2.24, 2.45) is 0 Å². The Hall–Kier alpha value is -4.98. The zero-order valence-electron chi connectivity index (χ0n) is 30.0. The van der Waals surface area contributed by atoms with Gasteiger partial charge < -0.3 is 28.4 Å². The molecule has 1 aliphatic rings. The predicted octanol–water partition coefficient (Wildman–Crippen LogP) is 9.19. The molecule has 0 radical (unpaired) electrons. The zero-order valence-corrected chi connectivity index (χ0v) is 30.0. The second-order valence-electron chi connectivity index (χ2n) is 12.4. The number of ether oxygens (including phenoxy) is 6. The van der Waals surface area contributed by atoms with E-state index in [1.165, 1.54) is 5.56 Å². The smallest absolute Gasteiger partial charge is 0.306 e. The summed E-state index contributed by atoms with van der Waals surface area (Å²) >= 11 is 0. The zero-order chi connectivity index (χ0) is 35.7. The van der Waals surface area contributed by atoms with Crippen LogP contribution in [0.25, 0.3) is 22.3 Å². The van der Waals surface area contributed by atoms with Gasteiger partial charge in [-0.25, -0.2) is 0 Å². The molecule has 0 aliphatic carbocycles. The fourth-order valence-electron chi connectivity index (χ4n) is 6.19. The molecule has 8 nitrogen and oxygen atoms in total. The van der Waals surface area contributed by atoms with Crippen LogP contribution in [0.3, 0.4) is 0 Å². The number of rotatable bonds is 20. The molecule has 0 saturated carbocycles. The van der Waals surface area contributed by atoms with Crippen molar-refractivity contribution in [1.82, 2.24) is 0 Å². The summed E-state index contributed by atoms with van der Waals surface area (Å²) in [6, 6.07) is 28.9. The third kappa shape index (κ3) is 11.5. The maximum absolute atomic E-state index is 12.2. The Morgan fingerprint density at radius 2 is 1.29 bits per heavy atom. The Morgan fingerprint density at radius 3 is 2.08 bits per heavy atom. The molecule has 4 aromatic carbocycles. The van der Waals surface area contributed by atoms with E-state index in [4.69, 9.17) is 28.4 Å². The number of fused-ring (bicyclic) bond motifs is 1. The molecule has 51 heavy (non-hydrogen) atoms. The second-order valence-corrected chi connectivity index (χ2v) is 12.4. The first kappa shape index (κ1) is 37.3. The van der Waals surface area contributed by atoms with Crippen LogP contribution in [0.5, 0.6) is 23.0 Å². The third-order valence-corrected chi connectivity index (χ3v) is 8.70. The first-order valence-corrected chi connectivity index (χ1v) is 18.3. The Labute approximate surface area is 302 Å².